The summed E-state index contributed by atoms with van der Waals surface area (Å²) >= 11 is 0. The van der Waals surface area contributed by atoms with Crippen molar-refractivity contribution in [1.29, 1.82) is 0 Å². The van der Waals surface area contributed by atoms with Crippen LogP contribution < -0.4 is 11.1 Å². The molecule has 0 spiro atoms. The first kappa shape index (κ1) is 13.1. The Morgan fingerprint density at radius 2 is 2.41 bits per heavy atom. The standard InChI is InChI=1S/C9H14N4O4/c1-17-4-5(14)3-11-9(16)7-2-6(8(10)15)12-13-7/h2,5,14H,3-4H2,1H3,(H2,10,15)(H,11,16)(H,12,13)/t5-/m0/s1. The summed E-state index contributed by atoms with van der Waals surface area (Å²) in [5.74, 6) is -1.21. The van der Waals surface area contributed by atoms with Crippen molar-refractivity contribution in [3.63, 3.8) is 0 Å². The molecule has 0 bridgehead atoms. The molecule has 2 amide bonds. The maximum atomic E-state index is 11.5. The first-order chi connectivity index (χ1) is 8.04. The third-order valence-electron chi connectivity index (χ3n) is 1.93. The normalized spacial score (nSPS) is 12.1. The molecule has 1 atom stereocenters. The van der Waals surface area contributed by atoms with E-state index in [9.17, 15) is 14.7 Å². The first-order valence-electron chi connectivity index (χ1n) is 4.85. The summed E-state index contributed by atoms with van der Waals surface area (Å²) in [7, 11) is 1.44. The highest BCUT2D eigenvalue weighted by Gasteiger charge is 2.13. The van der Waals surface area contributed by atoms with Crippen LogP contribution in [0.15, 0.2) is 6.07 Å². The van der Waals surface area contributed by atoms with Crippen LogP contribution in [0, 0.1) is 0 Å². The van der Waals surface area contributed by atoms with Crippen molar-refractivity contribution in [2.45, 2.75) is 6.10 Å². The van der Waals surface area contributed by atoms with E-state index < -0.39 is 17.9 Å². The molecule has 1 rings (SSSR count). The van der Waals surface area contributed by atoms with Gasteiger partial charge in [-0.15, -0.1) is 0 Å². The van der Waals surface area contributed by atoms with E-state index in [1.54, 1.807) is 0 Å². The van der Waals surface area contributed by atoms with E-state index in [1.165, 1.54) is 13.2 Å². The average molecular weight is 242 g/mol. The van der Waals surface area contributed by atoms with Gasteiger partial charge in [0, 0.05) is 19.7 Å². The zero-order chi connectivity index (χ0) is 12.8. The van der Waals surface area contributed by atoms with E-state index in [4.69, 9.17) is 10.5 Å². The lowest BCUT2D eigenvalue weighted by atomic mass is 10.3. The maximum Gasteiger partial charge on any atom is 0.269 e. The Morgan fingerprint density at radius 3 is 2.94 bits per heavy atom. The third-order valence-corrected chi connectivity index (χ3v) is 1.93. The molecular weight excluding hydrogens is 228 g/mol. The van der Waals surface area contributed by atoms with E-state index >= 15 is 0 Å². The lowest BCUT2D eigenvalue weighted by Gasteiger charge is -2.09. The molecule has 0 aromatic carbocycles. The van der Waals surface area contributed by atoms with E-state index in [2.05, 4.69) is 15.5 Å². The van der Waals surface area contributed by atoms with Crippen LogP contribution in [0.25, 0.3) is 0 Å². The molecule has 0 saturated heterocycles. The highest BCUT2D eigenvalue weighted by atomic mass is 16.5. The van der Waals surface area contributed by atoms with Crippen molar-refractivity contribution in [2.75, 3.05) is 20.3 Å². The van der Waals surface area contributed by atoms with Gasteiger partial charge >= 0.3 is 0 Å². The van der Waals surface area contributed by atoms with Crippen LogP contribution in [0.5, 0.6) is 0 Å². The summed E-state index contributed by atoms with van der Waals surface area (Å²) in [4.78, 5) is 22.2. The van der Waals surface area contributed by atoms with Gasteiger partial charge in [0.25, 0.3) is 11.8 Å². The molecule has 0 aliphatic rings. The quantitative estimate of drug-likeness (QED) is 0.469. The van der Waals surface area contributed by atoms with Gasteiger partial charge in [-0.2, -0.15) is 5.10 Å². The fourth-order valence-electron chi connectivity index (χ4n) is 1.12. The summed E-state index contributed by atoms with van der Waals surface area (Å²) in [6.07, 6.45) is -0.789. The number of carbonyl (C=O) groups excluding carboxylic acids is 2. The Morgan fingerprint density at radius 1 is 1.71 bits per heavy atom. The number of aliphatic hydroxyl groups excluding tert-OH is 1. The Labute approximate surface area is 97.1 Å². The number of hydrogen-bond acceptors (Lipinski definition) is 5. The number of carbonyl (C=O) groups is 2. The SMILES string of the molecule is COC[C@@H](O)CNC(=O)c1cc(C(N)=O)n[nH]1. The molecular formula is C9H14N4O4. The molecule has 8 heteroatoms. The Balaban J connectivity index is 2.49. The maximum absolute atomic E-state index is 11.5. The zero-order valence-corrected chi connectivity index (χ0v) is 9.27. The second-order valence-corrected chi connectivity index (χ2v) is 3.35. The summed E-state index contributed by atoms with van der Waals surface area (Å²) < 4.78 is 4.69. The number of ether oxygens (including phenoxy) is 1. The molecule has 0 saturated carbocycles. The van der Waals surface area contributed by atoms with Gasteiger partial charge in [0.1, 0.15) is 5.69 Å². The summed E-state index contributed by atoms with van der Waals surface area (Å²) in [6, 6.07) is 1.24. The summed E-state index contributed by atoms with van der Waals surface area (Å²) in [6.45, 7) is 0.160. The number of aromatic nitrogens is 2. The number of primary amides is 1. The molecule has 0 aliphatic heterocycles. The first-order valence-corrected chi connectivity index (χ1v) is 4.85. The molecule has 8 nitrogen and oxygen atoms in total. The van der Waals surface area contributed by atoms with Gasteiger partial charge in [0.15, 0.2) is 5.69 Å². The highest BCUT2D eigenvalue weighted by molar-refractivity contribution is 5.96. The van der Waals surface area contributed by atoms with Crippen molar-refractivity contribution < 1.29 is 19.4 Å². The Kier molecular flexibility index (Phi) is 4.61. The zero-order valence-electron chi connectivity index (χ0n) is 9.27. The number of methoxy groups -OCH3 is 1. The van der Waals surface area contributed by atoms with Crippen molar-refractivity contribution in [1.82, 2.24) is 15.5 Å². The average Bonchev–Trinajstić information content (AvgIpc) is 2.75. The minimum Gasteiger partial charge on any atom is -0.389 e. The van der Waals surface area contributed by atoms with Crippen LogP contribution >= 0.6 is 0 Å². The molecule has 0 fully saturated rings. The second kappa shape index (κ2) is 5.97. The predicted octanol–water partition coefficient (Wildman–Crippen LogP) is -1.75. The van der Waals surface area contributed by atoms with E-state index in [0.717, 1.165) is 0 Å². The number of nitrogens with one attached hydrogen (secondary N) is 2. The van der Waals surface area contributed by atoms with Gasteiger partial charge < -0.3 is 20.9 Å². The lowest BCUT2D eigenvalue weighted by Crippen LogP contribution is -2.34. The summed E-state index contributed by atoms with van der Waals surface area (Å²) in [5, 5.41) is 17.7. The molecule has 17 heavy (non-hydrogen) atoms. The Bertz CT molecular complexity index is 403. The number of nitrogens with two attached hydrogens (primary N) is 1. The van der Waals surface area contributed by atoms with Crippen molar-refractivity contribution in [3.05, 3.63) is 17.5 Å². The third kappa shape index (κ3) is 3.85. The summed E-state index contributed by atoms with van der Waals surface area (Å²) in [5.41, 5.74) is 5.06. The van der Waals surface area contributed by atoms with Gasteiger partial charge in [-0.05, 0) is 0 Å². The van der Waals surface area contributed by atoms with Crippen LogP contribution in [-0.4, -0.2) is 53.5 Å². The number of aliphatic hydroxyl groups is 1. The topological polar surface area (TPSA) is 130 Å². The van der Waals surface area contributed by atoms with Crippen LogP contribution in [0.1, 0.15) is 21.0 Å². The Hall–Kier alpha value is -1.93. The molecule has 1 aromatic rings. The number of aromatic amines is 1. The molecule has 0 aliphatic carbocycles. The van der Waals surface area contributed by atoms with Crippen LogP contribution in [0.4, 0.5) is 0 Å². The van der Waals surface area contributed by atoms with E-state index in [0.29, 0.717) is 0 Å². The van der Waals surface area contributed by atoms with Crippen molar-refractivity contribution in [2.24, 2.45) is 5.73 Å². The fourth-order valence-corrected chi connectivity index (χ4v) is 1.12. The van der Waals surface area contributed by atoms with Crippen LogP contribution in [0.3, 0.4) is 0 Å². The van der Waals surface area contributed by atoms with Gasteiger partial charge in [0.05, 0.1) is 12.7 Å². The molecule has 94 valence electrons. The van der Waals surface area contributed by atoms with Gasteiger partial charge in [-0.3, -0.25) is 14.7 Å². The second-order valence-electron chi connectivity index (χ2n) is 3.35. The van der Waals surface area contributed by atoms with Gasteiger partial charge in [-0.25, -0.2) is 0 Å². The largest absolute Gasteiger partial charge is 0.389 e. The molecule has 1 heterocycles. The number of H-pyrrole nitrogens is 1. The molecule has 0 unspecified atom stereocenters. The number of hydrogen-bond donors (Lipinski definition) is 4. The number of amides is 2. The van der Waals surface area contributed by atoms with Crippen molar-refractivity contribution in [3.8, 4) is 0 Å². The van der Waals surface area contributed by atoms with Crippen LogP contribution in [-0.2, 0) is 4.74 Å². The molecule has 0 radical (unpaired) electrons. The minimum atomic E-state index is -0.789. The molecule has 5 N–H and O–H groups in total. The smallest absolute Gasteiger partial charge is 0.269 e. The number of nitrogens with zero attached hydrogens (tertiary/aromatic N) is 1. The van der Waals surface area contributed by atoms with E-state index in [-0.39, 0.29) is 24.5 Å². The van der Waals surface area contributed by atoms with Gasteiger partial charge in [0.2, 0.25) is 0 Å². The van der Waals surface area contributed by atoms with Crippen molar-refractivity contribution >= 4 is 11.8 Å². The van der Waals surface area contributed by atoms with Gasteiger partial charge in [-0.1, -0.05) is 0 Å². The monoisotopic (exact) mass is 242 g/mol. The minimum absolute atomic E-state index is 0.0208. The predicted molar refractivity (Wildman–Crippen MR) is 57.3 cm³/mol. The molecule has 1 aromatic heterocycles. The van der Waals surface area contributed by atoms with Crippen LogP contribution in [0.2, 0.25) is 0 Å². The van der Waals surface area contributed by atoms with E-state index in [1.807, 2.05) is 0 Å². The highest BCUT2D eigenvalue weighted by Crippen LogP contribution is 1.98. The fraction of sp³-hybridized carbons (Fsp3) is 0.444. The number of rotatable bonds is 6. The lowest BCUT2D eigenvalue weighted by molar-refractivity contribution is 0.0608.